The number of aliphatic carboxylic acids is 1. The molecule has 126 valence electrons. The summed E-state index contributed by atoms with van der Waals surface area (Å²) in [6, 6.07) is 8.40. The van der Waals surface area contributed by atoms with E-state index in [1.165, 1.54) is 0 Å². The molecule has 2 amide bonds. The van der Waals surface area contributed by atoms with E-state index < -0.39 is 24.2 Å². The van der Waals surface area contributed by atoms with E-state index >= 15 is 0 Å². The van der Waals surface area contributed by atoms with E-state index in [1.807, 2.05) is 30.3 Å². The normalized spacial score (nSPS) is 21.6. The number of halogens is 1. The Morgan fingerprint density at radius 3 is 2.61 bits per heavy atom. The summed E-state index contributed by atoms with van der Waals surface area (Å²) in [5.74, 6) is -0.898. The first kappa shape index (κ1) is 17.2. The van der Waals surface area contributed by atoms with E-state index in [1.54, 1.807) is 0 Å². The average molecular weight is 322 g/mol. The molecule has 1 aromatic rings. The van der Waals surface area contributed by atoms with E-state index in [2.05, 4.69) is 10.6 Å². The van der Waals surface area contributed by atoms with Crippen LogP contribution in [0.5, 0.6) is 0 Å². The van der Waals surface area contributed by atoms with Crippen molar-refractivity contribution in [3.63, 3.8) is 0 Å². The highest BCUT2D eigenvalue weighted by Crippen LogP contribution is 2.21. The van der Waals surface area contributed by atoms with E-state index in [-0.39, 0.29) is 12.5 Å². The van der Waals surface area contributed by atoms with Gasteiger partial charge < -0.3 is 15.7 Å². The molecule has 23 heavy (non-hydrogen) atoms. The van der Waals surface area contributed by atoms with Crippen molar-refractivity contribution < 1.29 is 19.1 Å². The highest BCUT2D eigenvalue weighted by Gasteiger charge is 2.28. The zero-order chi connectivity index (χ0) is 16.7. The van der Waals surface area contributed by atoms with Crippen molar-refractivity contribution >= 4 is 12.0 Å². The summed E-state index contributed by atoms with van der Waals surface area (Å²) >= 11 is 0. The van der Waals surface area contributed by atoms with E-state index in [0.717, 1.165) is 12.0 Å². The van der Waals surface area contributed by atoms with E-state index in [9.17, 15) is 14.0 Å². The molecule has 0 aromatic heterocycles. The lowest BCUT2D eigenvalue weighted by molar-refractivity contribution is -0.137. The van der Waals surface area contributed by atoms with Gasteiger partial charge in [0.1, 0.15) is 6.17 Å². The van der Waals surface area contributed by atoms with Crippen LogP contribution in [0.2, 0.25) is 0 Å². The van der Waals surface area contributed by atoms with Gasteiger partial charge in [0.15, 0.2) is 0 Å². The lowest BCUT2D eigenvalue weighted by Crippen LogP contribution is -2.48. The van der Waals surface area contributed by atoms with Gasteiger partial charge >= 0.3 is 12.0 Å². The largest absolute Gasteiger partial charge is 0.481 e. The van der Waals surface area contributed by atoms with Gasteiger partial charge in [-0.2, -0.15) is 0 Å². The minimum absolute atomic E-state index is 0.0209. The second kappa shape index (κ2) is 8.50. The number of alkyl halides is 1. The van der Waals surface area contributed by atoms with Crippen molar-refractivity contribution in [2.24, 2.45) is 0 Å². The van der Waals surface area contributed by atoms with Crippen molar-refractivity contribution in [3.8, 4) is 0 Å². The minimum Gasteiger partial charge on any atom is -0.481 e. The van der Waals surface area contributed by atoms with Crippen molar-refractivity contribution in [3.05, 3.63) is 35.9 Å². The highest BCUT2D eigenvalue weighted by atomic mass is 19.1. The summed E-state index contributed by atoms with van der Waals surface area (Å²) < 4.78 is 13.6. The molecular weight excluding hydrogens is 299 g/mol. The molecular formula is C17H23FN2O3. The Hall–Kier alpha value is -2.11. The van der Waals surface area contributed by atoms with Gasteiger partial charge in [-0.3, -0.25) is 4.79 Å². The molecule has 2 rings (SSSR count). The third-order valence-corrected chi connectivity index (χ3v) is 4.11. The number of carbonyl (C=O) groups excluding carboxylic acids is 1. The van der Waals surface area contributed by atoms with Gasteiger partial charge in [-0.1, -0.05) is 30.3 Å². The standard InChI is InChI=1S/C17H23FN2O3/c18-14-7-4-8-15(14)20-17(23)19-13(9-10-16(21)22)11-12-5-2-1-3-6-12/h1-3,5-6,13-15H,4,7-11H2,(H,21,22)(H2,19,20,23)/t13?,14-,15+/m0/s1. The number of hydrogen-bond donors (Lipinski definition) is 3. The quantitative estimate of drug-likeness (QED) is 0.722. The first-order valence-corrected chi connectivity index (χ1v) is 8.01. The maximum absolute atomic E-state index is 13.6. The number of rotatable bonds is 7. The minimum atomic E-state index is -0.993. The summed E-state index contributed by atoms with van der Waals surface area (Å²) in [6.45, 7) is 0. The van der Waals surface area contributed by atoms with E-state index in [4.69, 9.17) is 5.11 Å². The predicted molar refractivity (Wildman–Crippen MR) is 85.0 cm³/mol. The van der Waals surface area contributed by atoms with Crippen LogP contribution in [0.1, 0.15) is 37.7 Å². The Morgan fingerprint density at radius 1 is 1.26 bits per heavy atom. The first-order chi connectivity index (χ1) is 11.0. The van der Waals surface area contributed by atoms with Crippen molar-refractivity contribution in [1.29, 1.82) is 0 Å². The zero-order valence-corrected chi connectivity index (χ0v) is 13.0. The summed E-state index contributed by atoms with van der Waals surface area (Å²) in [5.41, 5.74) is 1.02. The number of benzene rings is 1. The van der Waals surface area contributed by atoms with Crippen LogP contribution >= 0.6 is 0 Å². The Kier molecular flexibility index (Phi) is 6.38. The molecule has 1 aliphatic carbocycles. The van der Waals surface area contributed by atoms with Crippen molar-refractivity contribution in [2.45, 2.75) is 56.8 Å². The second-order valence-electron chi connectivity index (χ2n) is 5.99. The van der Waals surface area contributed by atoms with Crippen molar-refractivity contribution in [2.75, 3.05) is 0 Å². The molecule has 3 atom stereocenters. The van der Waals surface area contributed by atoms with Gasteiger partial charge in [0, 0.05) is 12.5 Å². The maximum atomic E-state index is 13.6. The summed E-state index contributed by atoms with van der Waals surface area (Å²) in [4.78, 5) is 22.8. The molecule has 0 radical (unpaired) electrons. The summed E-state index contributed by atoms with van der Waals surface area (Å²) in [6.07, 6.45) is 1.77. The maximum Gasteiger partial charge on any atom is 0.315 e. The van der Waals surface area contributed by atoms with Gasteiger partial charge in [0.05, 0.1) is 6.04 Å². The molecule has 0 aliphatic heterocycles. The lowest BCUT2D eigenvalue weighted by atomic mass is 10.0. The summed E-state index contributed by atoms with van der Waals surface area (Å²) in [7, 11) is 0. The number of urea groups is 1. The molecule has 1 unspecified atom stereocenters. The number of carboxylic acids is 1. The van der Waals surface area contributed by atoms with Gasteiger partial charge in [-0.15, -0.1) is 0 Å². The van der Waals surface area contributed by atoms with E-state index in [0.29, 0.717) is 25.7 Å². The van der Waals surface area contributed by atoms with Crippen LogP contribution in [0.25, 0.3) is 0 Å². The second-order valence-corrected chi connectivity index (χ2v) is 5.99. The molecule has 1 aliphatic rings. The Labute approximate surface area is 135 Å². The lowest BCUT2D eigenvalue weighted by Gasteiger charge is -2.21. The fraction of sp³-hybridized carbons (Fsp3) is 0.529. The molecule has 6 heteroatoms. The molecule has 0 saturated heterocycles. The fourth-order valence-electron chi connectivity index (χ4n) is 2.89. The van der Waals surface area contributed by atoms with Gasteiger partial charge in [0.25, 0.3) is 0 Å². The monoisotopic (exact) mass is 322 g/mol. The van der Waals surface area contributed by atoms with Crippen molar-refractivity contribution in [1.82, 2.24) is 10.6 Å². The zero-order valence-electron chi connectivity index (χ0n) is 13.0. The topological polar surface area (TPSA) is 78.4 Å². The van der Waals surface area contributed by atoms with Gasteiger partial charge in [-0.05, 0) is 37.7 Å². The van der Waals surface area contributed by atoms with Crippen LogP contribution in [0, 0.1) is 0 Å². The molecule has 0 heterocycles. The number of hydrogen-bond acceptors (Lipinski definition) is 2. The summed E-state index contributed by atoms with van der Waals surface area (Å²) in [5, 5.41) is 14.3. The Balaban J connectivity index is 1.90. The fourth-order valence-corrected chi connectivity index (χ4v) is 2.89. The molecule has 5 nitrogen and oxygen atoms in total. The number of carboxylic acid groups (broad SMARTS) is 1. The first-order valence-electron chi connectivity index (χ1n) is 8.01. The number of nitrogens with one attached hydrogen (secondary N) is 2. The Bertz CT molecular complexity index is 524. The Morgan fingerprint density at radius 2 is 2.00 bits per heavy atom. The highest BCUT2D eigenvalue weighted by molar-refractivity contribution is 5.75. The van der Waals surface area contributed by atoms with Crippen LogP contribution in [-0.4, -0.2) is 35.4 Å². The molecule has 1 aromatic carbocycles. The third kappa shape index (κ3) is 5.88. The molecule has 0 spiro atoms. The van der Waals surface area contributed by atoms with Crippen LogP contribution in [-0.2, 0) is 11.2 Å². The van der Waals surface area contributed by atoms with Crippen LogP contribution < -0.4 is 10.6 Å². The molecule has 0 bridgehead atoms. The van der Waals surface area contributed by atoms with Crippen LogP contribution in [0.15, 0.2) is 30.3 Å². The average Bonchev–Trinajstić information content (AvgIpc) is 2.91. The molecule has 3 N–H and O–H groups in total. The predicted octanol–water partition coefficient (Wildman–Crippen LogP) is 2.65. The smallest absolute Gasteiger partial charge is 0.315 e. The third-order valence-electron chi connectivity index (χ3n) is 4.11. The van der Waals surface area contributed by atoms with Crippen LogP contribution in [0.4, 0.5) is 9.18 Å². The van der Waals surface area contributed by atoms with Crippen LogP contribution in [0.3, 0.4) is 0 Å². The molecule has 1 fully saturated rings. The van der Waals surface area contributed by atoms with Gasteiger partial charge in [-0.25, -0.2) is 9.18 Å². The number of amides is 2. The SMILES string of the molecule is O=C(O)CCC(Cc1ccccc1)NC(=O)N[C@@H]1CCC[C@@H]1F. The molecule has 1 saturated carbocycles. The van der Waals surface area contributed by atoms with Gasteiger partial charge in [0.2, 0.25) is 0 Å². The number of carbonyl (C=O) groups is 2.